The first-order valence-electron chi connectivity index (χ1n) is 5.80. The Balaban J connectivity index is 2.22. The summed E-state index contributed by atoms with van der Waals surface area (Å²) in [6.45, 7) is 2.32. The van der Waals surface area contributed by atoms with E-state index in [9.17, 15) is 0 Å². The Morgan fingerprint density at radius 3 is 2.25 bits per heavy atom. The maximum Gasteiger partial charge on any atom is 0.0493 e. The van der Waals surface area contributed by atoms with Crippen LogP contribution in [-0.4, -0.2) is 0 Å². The minimum atomic E-state index is 0.749. The van der Waals surface area contributed by atoms with Crippen LogP contribution in [0, 0.1) is 5.92 Å². The molecule has 0 spiro atoms. The van der Waals surface area contributed by atoms with E-state index in [0.717, 1.165) is 21.5 Å². The third kappa shape index (κ3) is 2.81. The molecular weight excluding hydrogens is 239 g/mol. The Bertz CT molecular complexity index is 377. The Morgan fingerprint density at radius 2 is 1.69 bits per heavy atom. The van der Waals surface area contributed by atoms with E-state index in [1.54, 1.807) is 0 Å². The van der Waals surface area contributed by atoms with Crippen LogP contribution < -0.4 is 0 Å². The van der Waals surface area contributed by atoms with Crippen LogP contribution in [0.2, 0.25) is 10.0 Å². The highest BCUT2D eigenvalue weighted by Gasteiger charge is 2.13. The van der Waals surface area contributed by atoms with E-state index in [0.29, 0.717) is 0 Å². The Morgan fingerprint density at radius 1 is 1.12 bits per heavy atom. The first kappa shape index (κ1) is 12.0. The van der Waals surface area contributed by atoms with Crippen molar-refractivity contribution in [1.29, 1.82) is 0 Å². The minimum Gasteiger partial charge on any atom is -0.0836 e. The lowest BCUT2D eigenvalue weighted by Gasteiger charge is -2.20. The second-order valence-corrected chi connectivity index (χ2v) is 5.43. The zero-order valence-electron chi connectivity index (χ0n) is 9.47. The molecule has 1 aromatic carbocycles. The van der Waals surface area contributed by atoms with Gasteiger partial charge >= 0.3 is 0 Å². The highest BCUT2D eigenvalue weighted by atomic mass is 35.5. The molecule has 1 aliphatic rings. The van der Waals surface area contributed by atoms with Gasteiger partial charge in [-0.15, -0.1) is 0 Å². The third-order valence-electron chi connectivity index (χ3n) is 3.26. The summed E-state index contributed by atoms with van der Waals surface area (Å²) in [7, 11) is 0. The number of rotatable bonds is 1. The molecule has 0 N–H and O–H groups in total. The zero-order valence-corrected chi connectivity index (χ0v) is 11.0. The molecule has 1 aliphatic carbocycles. The topological polar surface area (TPSA) is 0 Å². The van der Waals surface area contributed by atoms with Gasteiger partial charge < -0.3 is 0 Å². The van der Waals surface area contributed by atoms with Gasteiger partial charge in [0.25, 0.3) is 0 Å². The van der Waals surface area contributed by atoms with E-state index in [2.05, 4.69) is 13.0 Å². The van der Waals surface area contributed by atoms with Crippen LogP contribution in [0.25, 0.3) is 6.08 Å². The Hall–Kier alpha value is -0.460. The number of allylic oxidation sites excluding steroid dienone is 1. The molecule has 0 aliphatic heterocycles. The van der Waals surface area contributed by atoms with Crippen LogP contribution in [-0.2, 0) is 0 Å². The van der Waals surface area contributed by atoms with Crippen molar-refractivity contribution in [2.45, 2.75) is 32.6 Å². The first-order chi connectivity index (χ1) is 7.66. The molecule has 2 rings (SSSR count). The molecule has 0 saturated heterocycles. The van der Waals surface area contributed by atoms with E-state index in [-0.39, 0.29) is 0 Å². The monoisotopic (exact) mass is 254 g/mol. The summed E-state index contributed by atoms with van der Waals surface area (Å²) in [6, 6.07) is 5.67. The van der Waals surface area contributed by atoms with Crippen molar-refractivity contribution in [3.05, 3.63) is 39.4 Å². The molecule has 0 bridgehead atoms. The molecule has 0 nitrogen and oxygen atoms in total. The molecule has 1 aromatic rings. The molecule has 0 radical (unpaired) electrons. The van der Waals surface area contributed by atoms with Crippen LogP contribution in [0.5, 0.6) is 0 Å². The highest BCUT2D eigenvalue weighted by molar-refractivity contribution is 6.37. The molecular formula is C14H16Cl2. The van der Waals surface area contributed by atoms with E-state index in [4.69, 9.17) is 23.2 Å². The molecule has 86 valence electrons. The number of hydrogen-bond acceptors (Lipinski definition) is 0. The van der Waals surface area contributed by atoms with Crippen molar-refractivity contribution in [2.75, 3.05) is 0 Å². The lowest BCUT2D eigenvalue weighted by atomic mass is 9.86. The van der Waals surface area contributed by atoms with Crippen molar-refractivity contribution in [3.63, 3.8) is 0 Å². The summed E-state index contributed by atoms with van der Waals surface area (Å²) >= 11 is 12.3. The molecule has 0 amide bonds. The summed E-state index contributed by atoms with van der Waals surface area (Å²) in [6.07, 6.45) is 7.11. The normalized spacial score (nSPS) is 20.9. The summed E-state index contributed by atoms with van der Waals surface area (Å²) in [4.78, 5) is 0. The molecule has 0 unspecified atom stereocenters. The van der Waals surface area contributed by atoms with Crippen LogP contribution >= 0.6 is 23.2 Å². The van der Waals surface area contributed by atoms with Gasteiger partial charge in [0.15, 0.2) is 0 Å². The van der Waals surface area contributed by atoms with E-state index < -0.39 is 0 Å². The zero-order chi connectivity index (χ0) is 11.5. The average molecular weight is 255 g/mol. The van der Waals surface area contributed by atoms with Crippen molar-refractivity contribution >= 4 is 29.3 Å². The number of benzene rings is 1. The summed E-state index contributed by atoms with van der Waals surface area (Å²) in [5.41, 5.74) is 2.46. The van der Waals surface area contributed by atoms with Crippen molar-refractivity contribution in [2.24, 2.45) is 5.92 Å². The van der Waals surface area contributed by atoms with E-state index >= 15 is 0 Å². The van der Waals surface area contributed by atoms with Crippen LogP contribution in [0.3, 0.4) is 0 Å². The lowest BCUT2D eigenvalue weighted by molar-refractivity contribution is 0.446. The van der Waals surface area contributed by atoms with E-state index in [1.807, 2.05) is 18.2 Å². The molecule has 1 fully saturated rings. The maximum absolute atomic E-state index is 6.15. The van der Waals surface area contributed by atoms with Crippen LogP contribution in [0.4, 0.5) is 0 Å². The fraction of sp³-hybridized carbons (Fsp3) is 0.429. The second kappa shape index (κ2) is 5.25. The summed E-state index contributed by atoms with van der Waals surface area (Å²) < 4.78 is 0. The van der Waals surface area contributed by atoms with Gasteiger partial charge in [0, 0.05) is 15.6 Å². The second-order valence-electron chi connectivity index (χ2n) is 4.62. The predicted molar refractivity (Wildman–Crippen MR) is 72.1 cm³/mol. The molecule has 0 heterocycles. The summed E-state index contributed by atoms with van der Waals surface area (Å²) in [5, 5.41) is 1.50. The van der Waals surface area contributed by atoms with Gasteiger partial charge in [-0.3, -0.25) is 0 Å². The fourth-order valence-corrected chi connectivity index (χ4v) is 2.64. The highest BCUT2D eigenvalue weighted by Crippen LogP contribution is 2.32. The molecule has 0 atom stereocenters. The van der Waals surface area contributed by atoms with Gasteiger partial charge in [-0.1, -0.05) is 47.8 Å². The number of hydrogen-bond donors (Lipinski definition) is 0. The molecule has 2 heteroatoms. The van der Waals surface area contributed by atoms with Gasteiger partial charge in [0.1, 0.15) is 0 Å². The maximum atomic E-state index is 6.15. The standard InChI is InChI=1S/C14H16Cl2/c1-10-5-7-11(8-6-10)9-12-13(15)3-2-4-14(12)16/h2-4,9-10H,5-8H2,1H3. The smallest absolute Gasteiger partial charge is 0.0493 e. The SMILES string of the molecule is CC1CCC(=Cc2c(Cl)cccc2Cl)CC1. The Kier molecular flexibility index (Phi) is 3.94. The van der Waals surface area contributed by atoms with Crippen molar-refractivity contribution in [3.8, 4) is 0 Å². The van der Waals surface area contributed by atoms with Crippen LogP contribution in [0.1, 0.15) is 38.2 Å². The minimum absolute atomic E-state index is 0.749. The quantitative estimate of drug-likeness (QED) is 0.613. The Labute approximate surface area is 107 Å². The summed E-state index contributed by atoms with van der Waals surface area (Å²) in [5.74, 6) is 0.860. The average Bonchev–Trinajstić information content (AvgIpc) is 2.26. The van der Waals surface area contributed by atoms with Gasteiger partial charge in [0.2, 0.25) is 0 Å². The fourth-order valence-electron chi connectivity index (χ4n) is 2.13. The predicted octanol–water partition coefficient (Wildman–Crippen LogP) is 5.59. The van der Waals surface area contributed by atoms with Gasteiger partial charge in [-0.25, -0.2) is 0 Å². The number of halogens is 2. The van der Waals surface area contributed by atoms with Crippen molar-refractivity contribution < 1.29 is 0 Å². The van der Waals surface area contributed by atoms with Gasteiger partial charge in [0.05, 0.1) is 0 Å². The van der Waals surface area contributed by atoms with Crippen LogP contribution in [0.15, 0.2) is 23.8 Å². The lowest BCUT2D eigenvalue weighted by Crippen LogP contribution is -2.03. The van der Waals surface area contributed by atoms with Gasteiger partial charge in [-0.2, -0.15) is 0 Å². The molecule has 0 aromatic heterocycles. The van der Waals surface area contributed by atoms with Crippen molar-refractivity contribution in [1.82, 2.24) is 0 Å². The third-order valence-corrected chi connectivity index (χ3v) is 3.92. The first-order valence-corrected chi connectivity index (χ1v) is 6.56. The molecule has 16 heavy (non-hydrogen) atoms. The molecule has 1 saturated carbocycles. The largest absolute Gasteiger partial charge is 0.0836 e. The van der Waals surface area contributed by atoms with E-state index in [1.165, 1.54) is 31.3 Å². The van der Waals surface area contributed by atoms with Gasteiger partial charge in [-0.05, 0) is 43.7 Å².